The van der Waals surface area contributed by atoms with Crippen LogP contribution >= 0.6 is 0 Å². The van der Waals surface area contributed by atoms with Crippen LogP contribution in [0, 0.1) is 13.8 Å². The molecule has 0 aromatic carbocycles. The largest absolute Gasteiger partial charge is 0.460 e. The van der Waals surface area contributed by atoms with Crippen LogP contribution in [0.3, 0.4) is 0 Å². The topological polar surface area (TPSA) is 43.0 Å². The van der Waals surface area contributed by atoms with Crippen LogP contribution in [0.5, 0.6) is 0 Å². The summed E-state index contributed by atoms with van der Waals surface area (Å²) in [5, 5.41) is 7.64. The molecule has 0 saturated carbocycles. The number of hydrogen-bond acceptors (Lipinski definition) is 3. The van der Waals surface area contributed by atoms with Gasteiger partial charge in [0, 0.05) is 19.2 Å². The molecule has 2 aromatic rings. The quantitative estimate of drug-likeness (QED) is 0.858. The predicted octanol–water partition coefficient (Wildman–Crippen LogP) is 2.02. The third-order valence-electron chi connectivity index (χ3n) is 2.75. The molecule has 4 heteroatoms. The molecule has 1 N–H and O–H groups in total. The second-order valence-electron chi connectivity index (χ2n) is 3.98. The number of nitrogens with one attached hydrogen (secondary N) is 1. The van der Waals surface area contributed by atoms with E-state index in [-0.39, 0.29) is 0 Å². The van der Waals surface area contributed by atoms with E-state index in [1.54, 1.807) is 0 Å². The van der Waals surface area contributed by atoms with Gasteiger partial charge >= 0.3 is 0 Å². The first-order valence-electron chi connectivity index (χ1n) is 5.37. The number of aromatic nitrogens is 2. The molecule has 0 aliphatic carbocycles. The standard InChI is InChI=1S/C12H17N3O/c1-8-5-6-11(16-8)12-9(2)10(7-13-3)15(4)14-12/h5-6,13H,7H2,1-4H3. The maximum absolute atomic E-state index is 5.60. The number of aryl methyl sites for hydroxylation is 2. The summed E-state index contributed by atoms with van der Waals surface area (Å²) in [5.41, 5.74) is 3.29. The highest BCUT2D eigenvalue weighted by Gasteiger charge is 2.15. The second kappa shape index (κ2) is 4.14. The Morgan fingerprint density at radius 3 is 2.69 bits per heavy atom. The normalized spacial score (nSPS) is 11.0. The second-order valence-corrected chi connectivity index (χ2v) is 3.98. The monoisotopic (exact) mass is 219 g/mol. The molecular formula is C12H17N3O. The smallest absolute Gasteiger partial charge is 0.154 e. The zero-order chi connectivity index (χ0) is 11.7. The van der Waals surface area contributed by atoms with Gasteiger partial charge in [0.2, 0.25) is 0 Å². The maximum atomic E-state index is 5.60. The first-order chi connectivity index (χ1) is 7.63. The number of rotatable bonds is 3. The molecule has 0 fully saturated rings. The fourth-order valence-corrected chi connectivity index (χ4v) is 1.88. The van der Waals surface area contributed by atoms with E-state index in [0.29, 0.717) is 0 Å². The third kappa shape index (κ3) is 1.76. The molecule has 2 aromatic heterocycles. The Bertz CT molecular complexity index is 496. The van der Waals surface area contributed by atoms with Gasteiger partial charge in [-0.3, -0.25) is 4.68 Å². The van der Waals surface area contributed by atoms with Crippen LogP contribution in [0.1, 0.15) is 17.0 Å². The molecule has 0 radical (unpaired) electrons. The number of nitrogens with zero attached hydrogens (tertiary/aromatic N) is 2. The third-order valence-corrected chi connectivity index (χ3v) is 2.75. The van der Waals surface area contributed by atoms with Gasteiger partial charge in [0.15, 0.2) is 5.76 Å². The molecule has 0 atom stereocenters. The van der Waals surface area contributed by atoms with Crippen molar-refractivity contribution in [2.24, 2.45) is 7.05 Å². The molecule has 2 rings (SSSR count). The van der Waals surface area contributed by atoms with Crippen molar-refractivity contribution in [2.75, 3.05) is 7.05 Å². The van der Waals surface area contributed by atoms with E-state index < -0.39 is 0 Å². The molecule has 0 aliphatic heterocycles. The van der Waals surface area contributed by atoms with Crippen molar-refractivity contribution in [3.8, 4) is 11.5 Å². The average Bonchev–Trinajstić information content (AvgIpc) is 2.77. The van der Waals surface area contributed by atoms with Crippen molar-refractivity contribution in [3.63, 3.8) is 0 Å². The van der Waals surface area contributed by atoms with E-state index in [4.69, 9.17) is 4.42 Å². The van der Waals surface area contributed by atoms with Crippen LogP contribution in [0.15, 0.2) is 16.5 Å². The van der Waals surface area contributed by atoms with Gasteiger partial charge in [0.1, 0.15) is 11.5 Å². The van der Waals surface area contributed by atoms with Crippen molar-refractivity contribution in [1.82, 2.24) is 15.1 Å². The lowest BCUT2D eigenvalue weighted by Crippen LogP contribution is -2.10. The Hall–Kier alpha value is -1.55. The highest BCUT2D eigenvalue weighted by Crippen LogP contribution is 2.25. The first kappa shape index (κ1) is 11.0. The van der Waals surface area contributed by atoms with Gasteiger partial charge < -0.3 is 9.73 Å². The maximum Gasteiger partial charge on any atom is 0.154 e. The summed E-state index contributed by atoms with van der Waals surface area (Å²) in [5.74, 6) is 1.75. The Labute approximate surface area is 95.3 Å². The minimum Gasteiger partial charge on any atom is -0.460 e. The molecule has 0 saturated heterocycles. The highest BCUT2D eigenvalue weighted by atomic mass is 16.3. The summed E-state index contributed by atoms with van der Waals surface area (Å²) in [4.78, 5) is 0. The van der Waals surface area contributed by atoms with Gasteiger partial charge in [-0.05, 0) is 33.0 Å². The Kier molecular flexibility index (Phi) is 2.83. The van der Waals surface area contributed by atoms with Crippen molar-refractivity contribution in [1.29, 1.82) is 0 Å². The lowest BCUT2D eigenvalue weighted by atomic mass is 10.1. The van der Waals surface area contributed by atoms with E-state index in [0.717, 1.165) is 23.8 Å². The summed E-state index contributed by atoms with van der Waals surface area (Å²) in [7, 11) is 3.89. The van der Waals surface area contributed by atoms with Crippen molar-refractivity contribution in [2.45, 2.75) is 20.4 Å². The van der Waals surface area contributed by atoms with Gasteiger partial charge in [0.05, 0.1) is 5.69 Å². The fourth-order valence-electron chi connectivity index (χ4n) is 1.88. The van der Waals surface area contributed by atoms with Gasteiger partial charge in [-0.25, -0.2) is 0 Å². The van der Waals surface area contributed by atoms with E-state index in [2.05, 4.69) is 17.3 Å². The summed E-state index contributed by atoms with van der Waals surface area (Å²) in [6.45, 7) is 4.83. The zero-order valence-corrected chi connectivity index (χ0v) is 10.2. The van der Waals surface area contributed by atoms with Crippen molar-refractivity contribution >= 4 is 0 Å². The minimum atomic E-state index is 0.815. The summed E-state index contributed by atoms with van der Waals surface area (Å²) < 4.78 is 7.50. The molecule has 2 heterocycles. The molecule has 4 nitrogen and oxygen atoms in total. The molecule has 0 unspecified atom stereocenters. The van der Waals surface area contributed by atoms with E-state index >= 15 is 0 Å². The molecule has 0 spiro atoms. The molecule has 0 amide bonds. The first-order valence-corrected chi connectivity index (χ1v) is 5.37. The van der Waals surface area contributed by atoms with Gasteiger partial charge in [-0.2, -0.15) is 5.10 Å². The van der Waals surface area contributed by atoms with Crippen molar-refractivity contribution < 1.29 is 4.42 Å². The van der Waals surface area contributed by atoms with Crippen LogP contribution in [0.25, 0.3) is 11.5 Å². The zero-order valence-electron chi connectivity index (χ0n) is 10.2. The molecule has 86 valence electrons. The predicted molar refractivity (Wildman–Crippen MR) is 63.1 cm³/mol. The molecule has 0 bridgehead atoms. The van der Waals surface area contributed by atoms with E-state index in [1.807, 2.05) is 37.8 Å². The minimum absolute atomic E-state index is 0.815. The molecule has 0 aliphatic rings. The van der Waals surface area contributed by atoms with Crippen molar-refractivity contribution in [3.05, 3.63) is 29.2 Å². The molecular weight excluding hydrogens is 202 g/mol. The fraction of sp³-hybridized carbons (Fsp3) is 0.417. The van der Waals surface area contributed by atoms with Gasteiger partial charge in [-0.1, -0.05) is 0 Å². The van der Waals surface area contributed by atoms with Crippen LogP contribution in [-0.2, 0) is 13.6 Å². The number of hydrogen-bond donors (Lipinski definition) is 1. The SMILES string of the molecule is CNCc1c(C)c(-c2ccc(C)o2)nn1C. The van der Waals surface area contributed by atoms with Crippen LogP contribution in [-0.4, -0.2) is 16.8 Å². The van der Waals surface area contributed by atoms with Crippen LogP contribution in [0.4, 0.5) is 0 Å². The molecule has 16 heavy (non-hydrogen) atoms. The summed E-state index contributed by atoms with van der Waals surface area (Å²) in [6, 6.07) is 3.93. The van der Waals surface area contributed by atoms with E-state index in [9.17, 15) is 0 Å². The summed E-state index contributed by atoms with van der Waals surface area (Å²) >= 11 is 0. The average molecular weight is 219 g/mol. The summed E-state index contributed by atoms with van der Waals surface area (Å²) in [6.07, 6.45) is 0. The Balaban J connectivity index is 2.46. The van der Waals surface area contributed by atoms with Crippen LogP contribution in [0.2, 0.25) is 0 Å². The Morgan fingerprint density at radius 2 is 2.12 bits per heavy atom. The lowest BCUT2D eigenvalue weighted by molar-refractivity contribution is 0.544. The van der Waals surface area contributed by atoms with Gasteiger partial charge in [0.25, 0.3) is 0 Å². The Morgan fingerprint density at radius 1 is 1.38 bits per heavy atom. The number of furan rings is 1. The van der Waals surface area contributed by atoms with Gasteiger partial charge in [-0.15, -0.1) is 0 Å². The van der Waals surface area contributed by atoms with E-state index in [1.165, 1.54) is 11.3 Å². The highest BCUT2D eigenvalue weighted by molar-refractivity contribution is 5.58. The lowest BCUT2D eigenvalue weighted by Gasteiger charge is -2.01. The van der Waals surface area contributed by atoms with Crippen LogP contribution < -0.4 is 5.32 Å².